The van der Waals surface area contributed by atoms with Crippen LogP contribution in [0.3, 0.4) is 0 Å². The fourth-order valence-electron chi connectivity index (χ4n) is 1.57. The maximum Gasteiger partial charge on any atom is 0.129 e. The van der Waals surface area contributed by atoms with Crippen LogP contribution in [0.4, 0.5) is 4.39 Å². The lowest BCUT2D eigenvalue weighted by Crippen LogP contribution is -2.21. The lowest BCUT2D eigenvalue weighted by Gasteiger charge is -2.07. The highest BCUT2D eigenvalue weighted by Crippen LogP contribution is 2.36. The fourth-order valence-corrected chi connectivity index (χ4v) is 1.57. The van der Waals surface area contributed by atoms with Crippen LogP contribution in [-0.4, -0.2) is 6.10 Å². The number of rotatable bonds is 0. The SMILES string of the molecule is Cc1cc2c(cc1F)OC(C)C2N. The maximum absolute atomic E-state index is 13.1. The average molecular weight is 181 g/mol. The molecule has 0 fully saturated rings. The average Bonchev–Trinajstić information content (AvgIpc) is 2.32. The summed E-state index contributed by atoms with van der Waals surface area (Å²) < 4.78 is 18.5. The Labute approximate surface area is 76.5 Å². The molecule has 0 saturated heterocycles. The molecule has 0 aliphatic carbocycles. The molecule has 1 aromatic rings. The Hall–Kier alpha value is -1.09. The van der Waals surface area contributed by atoms with E-state index in [1.807, 2.05) is 6.92 Å². The van der Waals surface area contributed by atoms with Crippen LogP contribution in [-0.2, 0) is 0 Å². The molecule has 1 aliphatic rings. The van der Waals surface area contributed by atoms with Crippen LogP contribution in [0.2, 0.25) is 0 Å². The standard InChI is InChI=1S/C10H12FNO/c1-5-3-7-9(4-8(5)11)13-6(2)10(7)12/h3-4,6,10H,12H2,1-2H3. The van der Waals surface area contributed by atoms with Gasteiger partial charge in [0, 0.05) is 11.6 Å². The third kappa shape index (κ3) is 1.20. The third-order valence-corrected chi connectivity index (χ3v) is 2.47. The molecule has 1 aliphatic heterocycles. The van der Waals surface area contributed by atoms with E-state index in [-0.39, 0.29) is 18.0 Å². The summed E-state index contributed by atoms with van der Waals surface area (Å²) in [5, 5.41) is 0. The minimum absolute atomic E-state index is 0.0591. The Morgan fingerprint density at radius 3 is 2.85 bits per heavy atom. The molecular weight excluding hydrogens is 169 g/mol. The van der Waals surface area contributed by atoms with Crippen molar-refractivity contribution >= 4 is 0 Å². The van der Waals surface area contributed by atoms with Crippen molar-refractivity contribution in [1.82, 2.24) is 0 Å². The van der Waals surface area contributed by atoms with Crippen LogP contribution in [0.25, 0.3) is 0 Å². The monoisotopic (exact) mass is 181 g/mol. The van der Waals surface area contributed by atoms with Gasteiger partial charge >= 0.3 is 0 Å². The minimum atomic E-state index is -0.236. The van der Waals surface area contributed by atoms with Gasteiger partial charge in [0.25, 0.3) is 0 Å². The van der Waals surface area contributed by atoms with Crippen LogP contribution in [0.1, 0.15) is 24.1 Å². The quantitative estimate of drug-likeness (QED) is 0.663. The number of ether oxygens (including phenoxy) is 1. The van der Waals surface area contributed by atoms with Gasteiger partial charge in [-0.05, 0) is 25.5 Å². The van der Waals surface area contributed by atoms with Crippen molar-refractivity contribution in [3.63, 3.8) is 0 Å². The molecular formula is C10H12FNO. The van der Waals surface area contributed by atoms with Crippen molar-refractivity contribution in [3.8, 4) is 5.75 Å². The van der Waals surface area contributed by atoms with Gasteiger partial charge in [0.1, 0.15) is 17.7 Å². The zero-order chi connectivity index (χ0) is 9.59. The van der Waals surface area contributed by atoms with E-state index in [0.717, 1.165) is 5.56 Å². The van der Waals surface area contributed by atoms with Crippen molar-refractivity contribution in [3.05, 3.63) is 29.1 Å². The van der Waals surface area contributed by atoms with Crippen LogP contribution in [0.15, 0.2) is 12.1 Å². The van der Waals surface area contributed by atoms with Crippen molar-refractivity contribution in [2.45, 2.75) is 26.0 Å². The van der Waals surface area contributed by atoms with Gasteiger partial charge in [-0.3, -0.25) is 0 Å². The molecule has 0 aromatic heterocycles. The fraction of sp³-hybridized carbons (Fsp3) is 0.400. The van der Waals surface area contributed by atoms with Gasteiger partial charge in [0.15, 0.2) is 0 Å². The van der Waals surface area contributed by atoms with Crippen molar-refractivity contribution < 1.29 is 9.13 Å². The Morgan fingerprint density at radius 2 is 2.15 bits per heavy atom. The van der Waals surface area contributed by atoms with E-state index < -0.39 is 0 Å². The van der Waals surface area contributed by atoms with Crippen LogP contribution < -0.4 is 10.5 Å². The third-order valence-electron chi connectivity index (χ3n) is 2.47. The molecule has 2 rings (SSSR count). The molecule has 0 amide bonds. The number of hydrogen-bond acceptors (Lipinski definition) is 2. The van der Waals surface area contributed by atoms with Gasteiger partial charge in [-0.1, -0.05) is 0 Å². The van der Waals surface area contributed by atoms with E-state index >= 15 is 0 Å². The summed E-state index contributed by atoms with van der Waals surface area (Å²) in [6.07, 6.45) is -0.0591. The van der Waals surface area contributed by atoms with E-state index in [9.17, 15) is 4.39 Å². The van der Waals surface area contributed by atoms with Crippen LogP contribution in [0, 0.1) is 12.7 Å². The number of benzene rings is 1. The van der Waals surface area contributed by atoms with Gasteiger partial charge < -0.3 is 10.5 Å². The molecule has 0 spiro atoms. The highest BCUT2D eigenvalue weighted by Gasteiger charge is 2.28. The Balaban J connectivity index is 2.53. The number of aryl methyl sites for hydroxylation is 1. The topological polar surface area (TPSA) is 35.2 Å². The molecule has 3 heteroatoms. The molecule has 1 aromatic carbocycles. The van der Waals surface area contributed by atoms with E-state index in [2.05, 4.69) is 0 Å². The van der Waals surface area contributed by atoms with Gasteiger partial charge in [-0.2, -0.15) is 0 Å². The number of nitrogens with two attached hydrogens (primary N) is 1. The Morgan fingerprint density at radius 1 is 1.46 bits per heavy atom. The lowest BCUT2D eigenvalue weighted by atomic mass is 10.0. The zero-order valence-corrected chi connectivity index (χ0v) is 7.67. The van der Waals surface area contributed by atoms with Crippen molar-refractivity contribution in [1.29, 1.82) is 0 Å². The summed E-state index contributed by atoms with van der Waals surface area (Å²) in [6, 6.07) is 3.04. The second-order valence-corrected chi connectivity index (χ2v) is 3.49. The molecule has 0 saturated carbocycles. The second kappa shape index (κ2) is 2.70. The molecule has 2 N–H and O–H groups in total. The first-order chi connectivity index (χ1) is 6.09. The maximum atomic E-state index is 13.1. The predicted molar refractivity (Wildman–Crippen MR) is 48.2 cm³/mol. The Bertz CT molecular complexity index is 351. The summed E-state index contributed by atoms with van der Waals surface area (Å²) in [7, 11) is 0. The molecule has 1 heterocycles. The number of fused-ring (bicyclic) bond motifs is 1. The first kappa shape index (κ1) is 8.51. The lowest BCUT2D eigenvalue weighted by molar-refractivity contribution is 0.228. The van der Waals surface area contributed by atoms with Crippen molar-refractivity contribution in [2.75, 3.05) is 0 Å². The normalized spacial score (nSPS) is 25.5. The first-order valence-electron chi connectivity index (χ1n) is 4.32. The van der Waals surface area contributed by atoms with Gasteiger partial charge in [-0.15, -0.1) is 0 Å². The summed E-state index contributed by atoms with van der Waals surface area (Å²) in [5.74, 6) is 0.350. The molecule has 0 radical (unpaired) electrons. The largest absolute Gasteiger partial charge is 0.488 e. The second-order valence-electron chi connectivity index (χ2n) is 3.49. The molecule has 2 unspecified atom stereocenters. The number of halogens is 1. The van der Waals surface area contributed by atoms with Crippen molar-refractivity contribution in [2.24, 2.45) is 5.73 Å². The summed E-state index contributed by atoms with van der Waals surface area (Å²) >= 11 is 0. The number of hydrogen-bond donors (Lipinski definition) is 1. The van der Waals surface area contributed by atoms with Crippen LogP contribution in [0.5, 0.6) is 5.75 Å². The van der Waals surface area contributed by atoms with Crippen LogP contribution >= 0.6 is 0 Å². The first-order valence-corrected chi connectivity index (χ1v) is 4.32. The van der Waals surface area contributed by atoms with Gasteiger partial charge in [0.2, 0.25) is 0 Å². The highest BCUT2D eigenvalue weighted by atomic mass is 19.1. The van der Waals surface area contributed by atoms with E-state index in [1.165, 1.54) is 6.07 Å². The van der Waals surface area contributed by atoms with Gasteiger partial charge in [0.05, 0.1) is 6.04 Å². The predicted octanol–water partition coefficient (Wildman–Crippen LogP) is 1.91. The summed E-state index contributed by atoms with van der Waals surface area (Å²) in [4.78, 5) is 0. The molecule has 13 heavy (non-hydrogen) atoms. The van der Waals surface area contributed by atoms with Gasteiger partial charge in [-0.25, -0.2) is 4.39 Å². The zero-order valence-electron chi connectivity index (χ0n) is 7.67. The smallest absolute Gasteiger partial charge is 0.129 e. The van der Waals surface area contributed by atoms with E-state index in [1.54, 1.807) is 13.0 Å². The Kier molecular flexibility index (Phi) is 1.77. The molecule has 0 bridgehead atoms. The highest BCUT2D eigenvalue weighted by molar-refractivity contribution is 5.43. The summed E-state index contributed by atoms with van der Waals surface area (Å²) in [6.45, 7) is 3.61. The molecule has 2 nitrogen and oxygen atoms in total. The summed E-state index contributed by atoms with van der Waals surface area (Å²) in [5.41, 5.74) is 7.39. The minimum Gasteiger partial charge on any atom is -0.488 e. The molecule has 70 valence electrons. The van der Waals surface area contributed by atoms with E-state index in [0.29, 0.717) is 11.3 Å². The van der Waals surface area contributed by atoms with E-state index in [4.69, 9.17) is 10.5 Å². The molecule has 2 atom stereocenters.